The minimum absolute atomic E-state index is 0. The summed E-state index contributed by atoms with van der Waals surface area (Å²) in [5, 5.41) is 9.63. The number of hydrogen-bond donors (Lipinski definition) is 3. The van der Waals surface area contributed by atoms with Crippen LogP contribution in [0.1, 0.15) is 24.4 Å². The zero-order valence-electron chi connectivity index (χ0n) is 9.35. The second kappa shape index (κ2) is 7.33. The zero-order chi connectivity index (χ0) is 11.3. The van der Waals surface area contributed by atoms with Crippen LogP contribution in [0.15, 0.2) is 18.2 Å². The van der Waals surface area contributed by atoms with Gasteiger partial charge in [-0.2, -0.15) is 0 Å². The van der Waals surface area contributed by atoms with Crippen LogP contribution in [0.25, 0.3) is 0 Å². The Morgan fingerprint density at radius 3 is 2.69 bits per heavy atom. The zero-order valence-corrected chi connectivity index (χ0v) is 10.2. The smallest absolute Gasteiger partial charge is 0.120 e. The predicted molar refractivity (Wildman–Crippen MR) is 67.1 cm³/mol. The number of phenolic OH excluding ortho intramolecular Hbond substituents is 1. The molecule has 1 rings (SSSR count). The number of halogens is 1. The minimum Gasteiger partial charge on any atom is -0.508 e. The number of methoxy groups -OCH3 is 1. The van der Waals surface area contributed by atoms with E-state index in [2.05, 4.69) is 0 Å². The van der Waals surface area contributed by atoms with Crippen molar-refractivity contribution in [3.8, 4) is 11.5 Å². The molecule has 1 aromatic carbocycles. The molecule has 0 spiro atoms. The van der Waals surface area contributed by atoms with Gasteiger partial charge in [-0.1, -0.05) is 0 Å². The summed E-state index contributed by atoms with van der Waals surface area (Å²) in [6.45, 7) is 0.610. The summed E-state index contributed by atoms with van der Waals surface area (Å²) < 4.78 is 5.07. The molecule has 0 saturated carbocycles. The molecule has 0 amide bonds. The summed E-state index contributed by atoms with van der Waals surface area (Å²) >= 11 is 0. The molecule has 0 aliphatic rings. The van der Waals surface area contributed by atoms with E-state index in [1.807, 2.05) is 0 Å². The fraction of sp³-hybridized carbons (Fsp3) is 0.455. The first-order valence-electron chi connectivity index (χ1n) is 5.01. The summed E-state index contributed by atoms with van der Waals surface area (Å²) in [5.74, 6) is 0.909. The van der Waals surface area contributed by atoms with Crippen LogP contribution in [0.2, 0.25) is 0 Å². The van der Waals surface area contributed by atoms with Crippen molar-refractivity contribution in [1.82, 2.24) is 0 Å². The first-order valence-corrected chi connectivity index (χ1v) is 5.01. The Morgan fingerprint density at radius 2 is 2.12 bits per heavy atom. The lowest BCUT2D eigenvalue weighted by Gasteiger charge is -2.14. The minimum atomic E-state index is -0.191. The van der Waals surface area contributed by atoms with Gasteiger partial charge in [0.1, 0.15) is 11.5 Å². The van der Waals surface area contributed by atoms with Gasteiger partial charge in [0.05, 0.1) is 7.11 Å². The molecule has 1 aromatic rings. The van der Waals surface area contributed by atoms with E-state index >= 15 is 0 Å². The second-order valence-electron chi connectivity index (χ2n) is 3.46. The maximum absolute atomic E-state index is 9.63. The SMILES string of the molecule is COc1ccc(O)c([C@H](N)CCCN)c1.Cl. The number of phenols is 1. The maximum atomic E-state index is 9.63. The Morgan fingerprint density at radius 1 is 1.44 bits per heavy atom. The first kappa shape index (κ1) is 15.0. The number of aromatic hydroxyl groups is 1. The molecule has 0 aromatic heterocycles. The third-order valence-corrected chi connectivity index (χ3v) is 2.35. The molecule has 0 aliphatic carbocycles. The van der Waals surface area contributed by atoms with E-state index in [0.717, 1.165) is 12.8 Å². The number of hydrogen-bond acceptors (Lipinski definition) is 4. The normalized spacial score (nSPS) is 11.7. The van der Waals surface area contributed by atoms with Crippen molar-refractivity contribution in [3.63, 3.8) is 0 Å². The van der Waals surface area contributed by atoms with Gasteiger partial charge in [-0.15, -0.1) is 12.4 Å². The van der Waals surface area contributed by atoms with E-state index in [0.29, 0.717) is 17.9 Å². The maximum Gasteiger partial charge on any atom is 0.120 e. The molecule has 0 aliphatic heterocycles. The van der Waals surface area contributed by atoms with Crippen molar-refractivity contribution in [1.29, 1.82) is 0 Å². The Kier molecular flexibility index (Phi) is 6.88. The van der Waals surface area contributed by atoms with Crippen LogP contribution in [-0.4, -0.2) is 18.8 Å². The van der Waals surface area contributed by atoms with E-state index in [4.69, 9.17) is 16.2 Å². The molecule has 0 unspecified atom stereocenters. The van der Waals surface area contributed by atoms with Crippen molar-refractivity contribution in [2.24, 2.45) is 11.5 Å². The van der Waals surface area contributed by atoms with Gasteiger partial charge in [0.25, 0.3) is 0 Å². The molecule has 92 valence electrons. The van der Waals surface area contributed by atoms with Crippen molar-refractivity contribution >= 4 is 12.4 Å². The lowest BCUT2D eigenvalue weighted by atomic mass is 10.0. The van der Waals surface area contributed by atoms with E-state index < -0.39 is 0 Å². The van der Waals surface area contributed by atoms with E-state index in [-0.39, 0.29) is 24.2 Å². The highest BCUT2D eigenvalue weighted by Gasteiger charge is 2.11. The summed E-state index contributed by atoms with van der Waals surface area (Å²) in [4.78, 5) is 0. The largest absolute Gasteiger partial charge is 0.508 e. The van der Waals surface area contributed by atoms with Gasteiger partial charge < -0.3 is 21.3 Å². The van der Waals surface area contributed by atoms with Gasteiger partial charge in [0.15, 0.2) is 0 Å². The van der Waals surface area contributed by atoms with Crippen molar-refractivity contribution in [3.05, 3.63) is 23.8 Å². The van der Waals surface area contributed by atoms with E-state index in [1.165, 1.54) is 0 Å². The van der Waals surface area contributed by atoms with Gasteiger partial charge in [-0.3, -0.25) is 0 Å². The molecule has 0 radical (unpaired) electrons. The number of rotatable bonds is 5. The van der Waals surface area contributed by atoms with Crippen molar-refractivity contribution < 1.29 is 9.84 Å². The summed E-state index contributed by atoms with van der Waals surface area (Å²) in [6, 6.07) is 4.87. The molecule has 0 bridgehead atoms. The molecule has 1 atom stereocenters. The van der Waals surface area contributed by atoms with Crippen molar-refractivity contribution in [2.75, 3.05) is 13.7 Å². The molecule has 5 N–H and O–H groups in total. The molecule has 4 nitrogen and oxygen atoms in total. The topological polar surface area (TPSA) is 81.5 Å². The first-order chi connectivity index (χ1) is 7.19. The fourth-order valence-electron chi connectivity index (χ4n) is 1.45. The molecule has 0 heterocycles. The standard InChI is InChI=1S/C11H18N2O2.ClH/c1-15-8-4-5-11(14)9(7-8)10(13)3-2-6-12;/h4-5,7,10,14H,2-3,6,12-13H2,1H3;1H/t10-;/m1./s1. The number of ether oxygens (including phenoxy) is 1. The Labute approximate surface area is 102 Å². The van der Waals surface area contributed by atoms with E-state index in [1.54, 1.807) is 25.3 Å². The second-order valence-corrected chi connectivity index (χ2v) is 3.46. The summed E-state index contributed by atoms with van der Waals surface area (Å²) in [5.41, 5.74) is 12.1. The van der Waals surface area contributed by atoms with Crippen LogP contribution in [-0.2, 0) is 0 Å². The highest BCUT2D eigenvalue weighted by Crippen LogP contribution is 2.29. The van der Waals surface area contributed by atoms with Gasteiger partial charge in [0.2, 0.25) is 0 Å². The average Bonchev–Trinajstić information content (AvgIpc) is 2.26. The van der Waals surface area contributed by atoms with Crippen LogP contribution in [0, 0.1) is 0 Å². The molecule has 0 fully saturated rings. The fourth-order valence-corrected chi connectivity index (χ4v) is 1.45. The van der Waals surface area contributed by atoms with Gasteiger partial charge in [-0.25, -0.2) is 0 Å². The lowest BCUT2D eigenvalue weighted by molar-refractivity contribution is 0.408. The monoisotopic (exact) mass is 246 g/mol. The summed E-state index contributed by atoms with van der Waals surface area (Å²) in [7, 11) is 1.58. The number of benzene rings is 1. The highest BCUT2D eigenvalue weighted by atomic mass is 35.5. The van der Waals surface area contributed by atoms with Crippen molar-refractivity contribution in [2.45, 2.75) is 18.9 Å². The molecule has 16 heavy (non-hydrogen) atoms. The quantitative estimate of drug-likeness (QED) is 0.737. The Balaban J connectivity index is 0.00000225. The lowest BCUT2D eigenvalue weighted by Crippen LogP contribution is -2.12. The van der Waals surface area contributed by atoms with Crippen LogP contribution >= 0.6 is 12.4 Å². The van der Waals surface area contributed by atoms with Gasteiger partial charge >= 0.3 is 0 Å². The predicted octanol–water partition coefficient (Wildman–Crippen LogP) is 1.56. The molecule has 5 heteroatoms. The van der Waals surface area contributed by atoms with E-state index in [9.17, 15) is 5.11 Å². The molecule has 0 saturated heterocycles. The average molecular weight is 247 g/mol. The third kappa shape index (κ3) is 3.89. The highest BCUT2D eigenvalue weighted by molar-refractivity contribution is 5.85. The van der Waals surface area contributed by atoms with Crippen LogP contribution in [0.4, 0.5) is 0 Å². The third-order valence-electron chi connectivity index (χ3n) is 2.35. The molecular weight excluding hydrogens is 228 g/mol. The molecular formula is C11H19ClN2O2. The number of nitrogens with two attached hydrogens (primary N) is 2. The van der Waals surface area contributed by atoms with Crippen LogP contribution < -0.4 is 16.2 Å². The Bertz CT molecular complexity index is 321. The van der Waals surface area contributed by atoms with Crippen LogP contribution in [0.3, 0.4) is 0 Å². The summed E-state index contributed by atoms with van der Waals surface area (Å²) in [6.07, 6.45) is 1.61. The van der Waals surface area contributed by atoms with Gasteiger partial charge in [0, 0.05) is 11.6 Å². The van der Waals surface area contributed by atoms with Crippen LogP contribution in [0.5, 0.6) is 11.5 Å². The Hall–Kier alpha value is -0.970. The van der Waals surface area contributed by atoms with Gasteiger partial charge in [-0.05, 0) is 37.6 Å².